The molecule has 0 aromatic heterocycles. The van der Waals surface area contributed by atoms with E-state index in [1.807, 2.05) is 6.92 Å². The molecule has 74 valence electrons. The second kappa shape index (κ2) is 6.93. The molecular weight excluding hydrogens is 200 g/mol. The van der Waals surface area contributed by atoms with Crippen molar-refractivity contribution in [3.05, 3.63) is 0 Å². The van der Waals surface area contributed by atoms with Gasteiger partial charge in [-0.3, -0.25) is 4.39 Å². The second-order valence-electron chi connectivity index (χ2n) is 2.87. The molecule has 4 heteroatoms. The SMILES string of the molecule is CCC(CCl)(CCl)NCCCF. The van der Waals surface area contributed by atoms with Crippen LogP contribution in [0, 0.1) is 0 Å². The Morgan fingerprint density at radius 3 is 2.25 bits per heavy atom. The lowest BCUT2D eigenvalue weighted by Gasteiger charge is -2.29. The first kappa shape index (κ1) is 12.5. The number of alkyl halides is 3. The highest BCUT2D eigenvalue weighted by molar-refractivity contribution is 6.22. The first-order valence-electron chi connectivity index (χ1n) is 4.17. The average molecular weight is 216 g/mol. The van der Waals surface area contributed by atoms with Gasteiger partial charge >= 0.3 is 0 Å². The van der Waals surface area contributed by atoms with E-state index < -0.39 is 0 Å². The zero-order valence-electron chi connectivity index (χ0n) is 7.38. The van der Waals surface area contributed by atoms with Gasteiger partial charge in [-0.15, -0.1) is 23.2 Å². The lowest BCUT2D eigenvalue weighted by molar-refractivity contribution is 0.366. The molecule has 12 heavy (non-hydrogen) atoms. The van der Waals surface area contributed by atoms with Crippen LogP contribution in [-0.2, 0) is 0 Å². The summed E-state index contributed by atoms with van der Waals surface area (Å²) < 4.78 is 11.8. The molecule has 0 saturated carbocycles. The highest BCUT2D eigenvalue weighted by atomic mass is 35.5. The van der Waals surface area contributed by atoms with E-state index in [-0.39, 0.29) is 12.2 Å². The van der Waals surface area contributed by atoms with Gasteiger partial charge in [0.25, 0.3) is 0 Å². The quantitative estimate of drug-likeness (QED) is 0.509. The van der Waals surface area contributed by atoms with Crippen molar-refractivity contribution in [1.29, 1.82) is 0 Å². The number of hydrogen-bond acceptors (Lipinski definition) is 1. The number of hydrogen-bond donors (Lipinski definition) is 1. The van der Waals surface area contributed by atoms with E-state index in [0.717, 1.165) is 6.42 Å². The minimum atomic E-state index is -0.294. The van der Waals surface area contributed by atoms with Crippen molar-refractivity contribution in [3.8, 4) is 0 Å². The normalized spacial score (nSPS) is 12.0. The van der Waals surface area contributed by atoms with Crippen LogP contribution in [0.3, 0.4) is 0 Å². The van der Waals surface area contributed by atoms with Crippen LogP contribution in [0.1, 0.15) is 19.8 Å². The van der Waals surface area contributed by atoms with Crippen LogP contribution in [0.4, 0.5) is 4.39 Å². The van der Waals surface area contributed by atoms with Gasteiger partial charge in [-0.25, -0.2) is 0 Å². The van der Waals surface area contributed by atoms with Crippen molar-refractivity contribution < 1.29 is 4.39 Å². The fourth-order valence-electron chi connectivity index (χ4n) is 0.865. The first-order chi connectivity index (χ1) is 5.74. The molecule has 0 aromatic rings. The minimum absolute atomic E-state index is 0.210. The van der Waals surface area contributed by atoms with Gasteiger partial charge in [0, 0.05) is 17.3 Å². The number of rotatable bonds is 7. The lowest BCUT2D eigenvalue weighted by atomic mass is 10.0. The van der Waals surface area contributed by atoms with Gasteiger partial charge in [0.2, 0.25) is 0 Å². The molecule has 1 nitrogen and oxygen atoms in total. The largest absolute Gasteiger partial charge is 0.309 e. The van der Waals surface area contributed by atoms with E-state index in [2.05, 4.69) is 5.32 Å². The van der Waals surface area contributed by atoms with Gasteiger partial charge in [-0.2, -0.15) is 0 Å². The van der Waals surface area contributed by atoms with Crippen molar-refractivity contribution in [1.82, 2.24) is 5.32 Å². The number of nitrogens with one attached hydrogen (secondary N) is 1. The van der Waals surface area contributed by atoms with E-state index in [9.17, 15) is 4.39 Å². The average Bonchev–Trinajstić information content (AvgIpc) is 2.14. The van der Waals surface area contributed by atoms with Crippen LogP contribution in [-0.4, -0.2) is 30.5 Å². The standard InChI is InChI=1S/C8H16Cl2FN/c1-2-8(6-9,7-10)12-5-3-4-11/h12H,2-7H2,1H3. The monoisotopic (exact) mass is 215 g/mol. The summed E-state index contributed by atoms with van der Waals surface area (Å²) in [5, 5.41) is 3.18. The van der Waals surface area contributed by atoms with Gasteiger partial charge in [0.1, 0.15) is 0 Å². The maximum Gasteiger partial charge on any atom is 0.0906 e. The summed E-state index contributed by atoms with van der Waals surface area (Å²) in [4.78, 5) is 0. The highest BCUT2D eigenvalue weighted by Gasteiger charge is 2.24. The Kier molecular flexibility index (Phi) is 7.20. The van der Waals surface area contributed by atoms with Crippen LogP contribution >= 0.6 is 23.2 Å². The molecule has 0 heterocycles. The van der Waals surface area contributed by atoms with Gasteiger partial charge in [0.05, 0.1) is 6.67 Å². The van der Waals surface area contributed by atoms with Crippen molar-refractivity contribution in [2.24, 2.45) is 0 Å². The molecule has 0 aliphatic heterocycles. The Bertz CT molecular complexity index is 99.0. The maximum absolute atomic E-state index is 11.8. The van der Waals surface area contributed by atoms with E-state index >= 15 is 0 Å². The van der Waals surface area contributed by atoms with Crippen LogP contribution in [0.15, 0.2) is 0 Å². The Balaban J connectivity index is 3.76. The Morgan fingerprint density at radius 2 is 1.92 bits per heavy atom. The minimum Gasteiger partial charge on any atom is -0.309 e. The van der Waals surface area contributed by atoms with E-state index in [0.29, 0.717) is 24.7 Å². The van der Waals surface area contributed by atoms with Crippen molar-refractivity contribution in [3.63, 3.8) is 0 Å². The van der Waals surface area contributed by atoms with Gasteiger partial charge in [-0.05, 0) is 19.4 Å². The third kappa shape index (κ3) is 3.92. The molecule has 0 atom stereocenters. The molecule has 0 radical (unpaired) electrons. The van der Waals surface area contributed by atoms with E-state index in [1.165, 1.54) is 0 Å². The number of halogens is 3. The molecule has 1 N–H and O–H groups in total. The van der Waals surface area contributed by atoms with Gasteiger partial charge < -0.3 is 5.32 Å². The third-order valence-corrected chi connectivity index (χ3v) is 3.02. The summed E-state index contributed by atoms with van der Waals surface area (Å²) in [6.45, 7) is 2.37. The topological polar surface area (TPSA) is 12.0 Å². The predicted molar refractivity (Wildman–Crippen MR) is 53.1 cm³/mol. The predicted octanol–water partition coefficient (Wildman–Crippen LogP) is 2.56. The lowest BCUT2D eigenvalue weighted by Crippen LogP contribution is -2.48. The Hall–Kier alpha value is 0.470. The summed E-state index contributed by atoms with van der Waals surface area (Å²) >= 11 is 11.5. The summed E-state index contributed by atoms with van der Waals surface area (Å²) in [6, 6.07) is 0. The van der Waals surface area contributed by atoms with Crippen LogP contribution in [0.25, 0.3) is 0 Å². The molecule has 0 amide bonds. The molecule has 0 fully saturated rings. The summed E-state index contributed by atoms with van der Waals surface area (Å²) in [5.74, 6) is 0.943. The van der Waals surface area contributed by atoms with E-state index in [1.54, 1.807) is 0 Å². The fraction of sp³-hybridized carbons (Fsp3) is 1.00. The molecule has 0 aliphatic carbocycles. The zero-order chi connectivity index (χ0) is 9.45. The molecular formula is C8H16Cl2FN. The third-order valence-electron chi connectivity index (χ3n) is 2.00. The molecule has 0 spiro atoms. The Labute approximate surface area is 83.6 Å². The Morgan fingerprint density at radius 1 is 1.33 bits per heavy atom. The smallest absolute Gasteiger partial charge is 0.0906 e. The summed E-state index contributed by atoms with van der Waals surface area (Å²) in [5.41, 5.74) is -0.210. The van der Waals surface area contributed by atoms with Crippen molar-refractivity contribution in [2.75, 3.05) is 25.0 Å². The van der Waals surface area contributed by atoms with Crippen LogP contribution in [0.5, 0.6) is 0 Å². The van der Waals surface area contributed by atoms with E-state index in [4.69, 9.17) is 23.2 Å². The molecule has 0 aliphatic rings. The van der Waals surface area contributed by atoms with Crippen LogP contribution in [0.2, 0.25) is 0 Å². The molecule has 0 aromatic carbocycles. The van der Waals surface area contributed by atoms with Crippen molar-refractivity contribution >= 4 is 23.2 Å². The van der Waals surface area contributed by atoms with Crippen molar-refractivity contribution in [2.45, 2.75) is 25.3 Å². The molecule has 0 saturated heterocycles. The summed E-state index contributed by atoms with van der Waals surface area (Å²) in [6.07, 6.45) is 1.39. The maximum atomic E-state index is 11.8. The van der Waals surface area contributed by atoms with Crippen LogP contribution < -0.4 is 5.32 Å². The fourth-order valence-corrected chi connectivity index (χ4v) is 1.72. The zero-order valence-corrected chi connectivity index (χ0v) is 8.89. The second-order valence-corrected chi connectivity index (χ2v) is 3.40. The molecule has 0 bridgehead atoms. The van der Waals surface area contributed by atoms with Gasteiger partial charge in [-0.1, -0.05) is 6.92 Å². The summed E-state index contributed by atoms with van der Waals surface area (Å²) in [7, 11) is 0. The van der Waals surface area contributed by atoms with Gasteiger partial charge in [0.15, 0.2) is 0 Å². The molecule has 0 rings (SSSR count). The highest BCUT2D eigenvalue weighted by Crippen LogP contribution is 2.14. The molecule has 0 unspecified atom stereocenters. The first-order valence-corrected chi connectivity index (χ1v) is 5.24.